The van der Waals surface area contributed by atoms with E-state index >= 15 is 0 Å². The normalized spacial score (nSPS) is 12.4. The van der Waals surface area contributed by atoms with Crippen LogP contribution < -0.4 is 0 Å². The number of benzene rings is 4. The van der Waals surface area contributed by atoms with Crippen LogP contribution in [0.4, 0.5) is 4.39 Å². The van der Waals surface area contributed by atoms with E-state index in [9.17, 15) is 4.39 Å². The van der Waals surface area contributed by atoms with E-state index in [1.54, 1.807) is 6.07 Å². The molecule has 0 spiro atoms. The molecule has 0 heterocycles. The van der Waals surface area contributed by atoms with Crippen molar-refractivity contribution in [1.29, 1.82) is 0 Å². The number of hydrogen-bond donors (Lipinski definition) is 0. The average molecular weight is 489 g/mol. The van der Waals surface area contributed by atoms with Gasteiger partial charge in [-0.15, -0.1) is 0 Å². The van der Waals surface area contributed by atoms with Crippen LogP contribution in [-0.2, 0) is 25.7 Å². The van der Waals surface area contributed by atoms with E-state index in [1.807, 2.05) is 31.2 Å². The Morgan fingerprint density at radius 3 is 2.00 bits per heavy atom. The van der Waals surface area contributed by atoms with Gasteiger partial charge in [0.2, 0.25) is 0 Å². The van der Waals surface area contributed by atoms with Crippen molar-refractivity contribution in [2.24, 2.45) is 0 Å². The molecular weight excluding hydrogens is 451 g/mol. The van der Waals surface area contributed by atoms with E-state index in [0.29, 0.717) is 11.5 Å². The monoisotopic (exact) mass is 488 g/mol. The first kappa shape index (κ1) is 26.4. The highest BCUT2D eigenvalue weighted by atomic mass is 19.1. The maximum absolute atomic E-state index is 14.8. The third-order valence-corrected chi connectivity index (χ3v) is 6.97. The molecule has 0 amide bonds. The van der Waals surface area contributed by atoms with Gasteiger partial charge in [0.05, 0.1) is 0 Å². The Labute approximate surface area is 222 Å². The van der Waals surface area contributed by atoms with Crippen LogP contribution in [0.3, 0.4) is 0 Å². The maximum atomic E-state index is 14.8. The van der Waals surface area contributed by atoms with E-state index < -0.39 is 0 Å². The Bertz CT molecular complexity index is 1300. The molecule has 0 saturated heterocycles. The van der Waals surface area contributed by atoms with Crippen LogP contribution >= 0.6 is 0 Å². The van der Waals surface area contributed by atoms with Crippen molar-refractivity contribution in [3.63, 3.8) is 0 Å². The largest absolute Gasteiger partial charge is 0.206 e. The molecule has 1 heteroatoms. The molecule has 0 saturated carbocycles. The van der Waals surface area contributed by atoms with Gasteiger partial charge in [-0.25, -0.2) is 4.39 Å². The number of rotatable bonds is 11. The first-order valence-electron chi connectivity index (χ1n) is 13.4. The van der Waals surface area contributed by atoms with Gasteiger partial charge in [-0.05, 0) is 84.4 Å². The summed E-state index contributed by atoms with van der Waals surface area (Å²) in [6.07, 6.45) is 13.0. The second kappa shape index (κ2) is 13.6. The van der Waals surface area contributed by atoms with Gasteiger partial charge in [0.15, 0.2) is 0 Å². The summed E-state index contributed by atoms with van der Waals surface area (Å²) in [5, 5.41) is 0. The molecule has 0 radical (unpaired) electrons. The molecule has 4 rings (SSSR count). The molecule has 0 fully saturated rings. The molecule has 37 heavy (non-hydrogen) atoms. The van der Waals surface area contributed by atoms with E-state index in [-0.39, 0.29) is 5.82 Å². The molecule has 1 atom stereocenters. The molecule has 188 valence electrons. The number of halogens is 1. The second-order valence-corrected chi connectivity index (χ2v) is 9.87. The summed E-state index contributed by atoms with van der Waals surface area (Å²) in [6.45, 7) is 4.33. The number of allylic oxidation sites excluding steroid dienone is 2. The zero-order valence-electron chi connectivity index (χ0n) is 22.0. The third-order valence-electron chi connectivity index (χ3n) is 6.97. The Hall–Kier alpha value is -3.71. The Balaban J connectivity index is 1.29. The molecule has 0 aromatic heterocycles. The van der Waals surface area contributed by atoms with Crippen molar-refractivity contribution >= 4 is 12.2 Å². The zero-order valence-corrected chi connectivity index (χ0v) is 22.0. The lowest BCUT2D eigenvalue weighted by molar-refractivity contribution is 0.622. The fourth-order valence-corrected chi connectivity index (χ4v) is 4.64. The Kier molecular flexibility index (Phi) is 9.66. The molecular formula is C36H37F. The summed E-state index contributed by atoms with van der Waals surface area (Å²) >= 11 is 0. The van der Waals surface area contributed by atoms with Crippen LogP contribution in [0.5, 0.6) is 0 Å². The van der Waals surface area contributed by atoms with Crippen LogP contribution in [0, 0.1) is 5.82 Å². The molecule has 0 aliphatic heterocycles. The molecule has 0 unspecified atom stereocenters. The van der Waals surface area contributed by atoms with E-state index in [1.165, 1.54) is 22.3 Å². The fourth-order valence-electron chi connectivity index (χ4n) is 4.64. The maximum Gasteiger partial charge on any atom is 0.130 e. The highest BCUT2D eigenvalue weighted by molar-refractivity contribution is 5.70. The van der Waals surface area contributed by atoms with Crippen molar-refractivity contribution in [2.75, 3.05) is 0 Å². The van der Waals surface area contributed by atoms with Gasteiger partial charge < -0.3 is 0 Å². The summed E-state index contributed by atoms with van der Waals surface area (Å²) in [6, 6.07) is 33.7. The van der Waals surface area contributed by atoms with Crippen molar-refractivity contribution in [1.82, 2.24) is 0 Å². The summed E-state index contributed by atoms with van der Waals surface area (Å²) < 4.78 is 14.8. The van der Waals surface area contributed by atoms with E-state index in [2.05, 4.69) is 97.9 Å². The Morgan fingerprint density at radius 1 is 0.676 bits per heavy atom. The predicted molar refractivity (Wildman–Crippen MR) is 157 cm³/mol. The number of aryl methyl sites for hydroxylation is 3. The van der Waals surface area contributed by atoms with Crippen molar-refractivity contribution < 1.29 is 4.39 Å². The second-order valence-electron chi connectivity index (χ2n) is 9.87. The molecule has 0 aliphatic rings. The lowest BCUT2D eigenvalue weighted by Gasteiger charge is -2.12. The van der Waals surface area contributed by atoms with Gasteiger partial charge in [-0.2, -0.15) is 0 Å². The lowest BCUT2D eigenvalue weighted by Crippen LogP contribution is -1.99. The van der Waals surface area contributed by atoms with Crippen LogP contribution in [-0.4, -0.2) is 0 Å². The quantitative estimate of drug-likeness (QED) is 0.146. The standard InChI is InChI=1S/C36H37F/c1-3-4-6-9-29-12-14-31(15-13-29)22-24-35-25-23-33(27-36(35)37)21-18-30-16-19-32(20-17-30)26-28(2)34-10-7-5-8-11-34/h3-5,7-8,10-17,19-20,22-25,27-28H,6,9,18,21,26H2,1-2H3/b4-3+,24-22?/t28-/m0/s1. The lowest BCUT2D eigenvalue weighted by atomic mass is 9.93. The summed E-state index contributed by atoms with van der Waals surface area (Å²) in [5.74, 6) is 0.331. The van der Waals surface area contributed by atoms with Gasteiger partial charge in [0.1, 0.15) is 5.82 Å². The Morgan fingerprint density at radius 2 is 1.30 bits per heavy atom. The minimum Gasteiger partial charge on any atom is -0.206 e. The van der Waals surface area contributed by atoms with Crippen LogP contribution in [0.25, 0.3) is 12.2 Å². The highest BCUT2D eigenvalue weighted by Crippen LogP contribution is 2.21. The first-order chi connectivity index (χ1) is 18.1. The molecule has 0 aliphatic carbocycles. The van der Waals surface area contributed by atoms with Crippen molar-refractivity contribution in [3.8, 4) is 0 Å². The van der Waals surface area contributed by atoms with Gasteiger partial charge in [0, 0.05) is 5.56 Å². The topological polar surface area (TPSA) is 0 Å². The fraction of sp³-hybridized carbons (Fsp3) is 0.222. The summed E-state index contributed by atoms with van der Waals surface area (Å²) in [5.41, 5.74) is 8.07. The van der Waals surface area contributed by atoms with E-state index in [0.717, 1.165) is 43.2 Å². The third kappa shape index (κ3) is 8.15. The predicted octanol–water partition coefficient (Wildman–Crippen LogP) is 9.64. The van der Waals surface area contributed by atoms with Crippen LogP contribution in [0.1, 0.15) is 65.1 Å². The molecule has 0 bridgehead atoms. The first-order valence-corrected chi connectivity index (χ1v) is 13.4. The zero-order chi connectivity index (χ0) is 25.9. The van der Waals surface area contributed by atoms with Crippen molar-refractivity contribution in [3.05, 3.63) is 154 Å². The highest BCUT2D eigenvalue weighted by Gasteiger charge is 2.07. The van der Waals surface area contributed by atoms with Crippen LogP contribution in [0.2, 0.25) is 0 Å². The van der Waals surface area contributed by atoms with Gasteiger partial charge >= 0.3 is 0 Å². The van der Waals surface area contributed by atoms with Gasteiger partial charge in [-0.3, -0.25) is 0 Å². The SMILES string of the molecule is C/C=C/CCc1ccc(C=Cc2ccc(CCc3ccc(C[C@H](C)c4ccccc4)cc3)cc2F)cc1. The van der Waals surface area contributed by atoms with E-state index in [4.69, 9.17) is 0 Å². The van der Waals surface area contributed by atoms with Gasteiger partial charge in [0.25, 0.3) is 0 Å². The summed E-state index contributed by atoms with van der Waals surface area (Å²) in [4.78, 5) is 0. The summed E-state index contributed by atoms with van der Waals surface area (Å²) in [7, 11) is 0. The molecule has 4 aromatic rings. The van der Waals surface area contributed by atoms with Crippen molar-refractivity contribution in [2.45, 2.75) is 51.9 Å². The minimum atomic E-state index is -0.165. The molecule has 0 nitrogen and oxygen atoms in total. The average Bonchev–Trinajstić information content (AvgIpc) is 2.93. The minimum absolute atomic E-state index is 0.165. The smallest absolute Gasteiger partial charge is 0.130 e. The van der Waals surface area contributed by atoms with Crippen LogP contribution in [0.15, 0.2) is 109 Å². The van der Waals surface area contributed by atoms with Gasteiger partial charge in [-0.1, -0.05) is 122 Å². The molecule has 4 aromatic carbocycles. The molecule has 0 N–H and O–H groups in total. The number of hydrogen-bond acceptors (Lipinski definition) is 0.